The fourth-order valence-electron chi connectivity index (χ4n) is 3.56. The van der Waals surface area contributed by atoms with Crippen LogP contribution in [0.2, 0.25) is 0 Å². The second-order valence-corrected chi connectivity index (χ2v) is 7.46. The monoisotopic (exact) mass is 361 g/mol. The lowest BCUT2D eigenvalue weighted by Gasteiger charge is -2.36. The van der Waals surface area contributed by atoms with E-state index >= 15 is 0 Å². The zero-order valence-corrected chi connectivity index (χ0v) is 15.2. The van der Waals surface area contributed by atoms with Crippen LogP contribution in [0, 0.1) is 0 Å². The van der Waals surface area contributed by atoms with Crippen molar-refractivity contribution in [3.63, 3.8) is 0 Å². The molecule has 0 bridgehead atoms. The van der Waals surface area contributed by atoms with Gasteiger partial charge in [0, 0.05) is 41.5 Å². The van der Waals surface area contributed by atoms with Gasteiger partial charge in [-0.05, 0) is 48.1 Å². The highest BCUT2D eigenvalue weighted by Crippen LogP contribution is 2.39. The molecule has 27 heavy (non-hydrogen) atoms. The molecule has 1 aliphatic heterocycles. The van der Waals surface area contributed by atoms with Crippen LogP contribution in [0.3, 0.4) is 0 Å². The third-order valence-electron chi connectivity index (χ3n) is 5.48. The molecule has 0 spiro atoms. The number of benzene rings is 1. The summed E-state index contributed by atoms with van der Waals surface area (Å²) in [6.07, 6.45) is 8.05. The average molecular weight is 361 g/mol. The molecule has 7 heteroatoms. The predicted octanol–water partition coefficient (Wildman–Crippen LogP) is 3.11. The number of allylic oxidation sites excluding steroid dienone is 1. The number of H-pyrrole nitrogens is 2. The molecule has 0 saturated heterocycles. The lowest BCUT2D eigenvalue weighted by molar-refractivity contribution is 0.324. The standard InChI is InChI=1S/C20H23N7/c1-12(14-4-5-16-15(10-14)6-8-22-16)20(21)23-9-7-18(25-20)24-19-11-17(26-27-19)13-2-3-13/h4-13,22,25H,2-3,21H2,1H3,(H2,24,26,27). The Hall–Kier alpha value is -3.06. The lowest BCUT2D eigenvalue weighted by Crippen LogP contribution is -2.57. The molecule has 1 fully saturated rings. The van der Waals surface area contributed by atoms with Crippen molar-refractivity contribution in [2.24, 2.45) is 10.7 Å². The summed E-state index contributed by atoms with van der Waals surface area (Å²) in [6.45, 7) is 2.08. The van der Waals surface area contributed by atoms with Crippen molar-refractivity contribution in [2.75, 3.05) is 5.32 Å². The Balaban J connectivity index is 1.34. The Morgan fingerprint density at radius 3 is 3.00 bits per heavy atom. The second kappa shape index (κ2) is 5.99. The molecule has 5 rings (SSSR count). The van der Waals surface area contributed by atoms with Crippen LogP contribution in [0.4, 0.5) is 5.82 Å². The van der Waals surface area contributed by atoms with Crippen molar-refractivity contribution in [1.29, 1.82) is 0 Å². The van der Waals surface area contributed by atoms with Gasteiger partial charge in [0.1, 0.15) is 5.82 Å². The molecule has 2 atom stereocenters. The summed E-state index contributed by atoms with van der Waals surface area (Å²) < 4.78 is 0. The maximum atomic E-state index is 6.64. The molecular formula is C20H23N7. The number of anilines is 1. The minimum absolute atomic E-state index is 0.0280. The highest BCUT2D eigenvalue weighted by Gasteiger charge is 2.34. The van der Waals surface area contributed by atoms with Crippen molar-refractivity contribution in [3.05, 3.63) is 59.7 Å². The number of nitrogens with two attached hydrogens (primary N) is 1. The van der Waals surface area contributed by atoms with Gasteiger partial charge in [0.15, 0.2) is 11.6 Å². The zero-order chi connectivity index (χ0) is 18.4. The smallest absolute Gasteiger partial charge is 0.189 e. The number of rotatable bonds is 5. The molecule has 1 saturated carbocycles. The van der Waals surface area contributed by atoms with E-state index in [-0.39, 0.29) is 5.92 Å². The molecule has 2 aromatic heterocycles. The minimum Gasteiger partial charge on any atom is -0.361 e. The number of hydrogen-bond acceptors (Lipinski definition) is 5. The first-order valence-electron chi connectivity index (χ1n) is 9.33. The van der Waals surface area contributed by atoms with Gasteiger partial charge in [-0.3, -0.25) is 15.8 Å². The van der Waals surface area contributed by atoms with Crippen LogP contribution >= 0.6 is 0 Å². The first-order chi connectivity index (χ1) is 13.1. The third kappa shape index (κ3) is 3.00. The Bertz CT molecular complexity index is 1040. The summed E-state index contributed by atoms with van der Waals surface area (Å²) in [5.41, 5.74) is 10.1. The second-order valence-electron chi connectivity index (χ2n) is 7.46. The summed E-state index contributed by atoms with van der Waals surface area (Å²) in [5.74, 6) is 1.25. The lowest BCUT2D eigenvalue weighted by atomic mass is 9.92. The van der Waals surface area contributed by atoms with Crippen LogP contribution in [-0.2, 0) is 0 Å². The molecule has 2 unspecified atom stereocenters. The summed E-state index contributed by atoms with van der Waals surface area (Å²) >= 11 is 0. The number of aromatic amines is 2. The minimum atomic E-state index is -0.934. The summed E-state index contributed by atoms with van der Waals surface area (Å²) in [6, 6.07) is 10.5. The highest BCUT2D eigenvalue weighted by atomic mass is 15.3. The van der Waals surface area contributed by atoms with E-state index in [0.29, 0.717) is 5.92 Å². The molecule has 7 nitrogen and oxygen atoms in total. The third-order valence-corrected chi connectivity index (χ3v) is 5.48. The van der Waals surface area contributed by atoms with E-state index in [0.717, 1.165) is 22.7 Å². The van der Waals surface area contributed by atoms with Gasteiger partial charge >= 0.3 is 0 Å². The van der Waals surface area contributed by atoms with E-state index in [1.165, 1.54) is 23.9 Å². The van der Waals surface area contributed by atoms with Gasteiger partial charge in [0.2, 0.25) is 0 Å². The van der Waals surface area contributed by atoms with Crippen molar-refractivity contribution >= 4 is 22.9 Å². The van der Waals surface area contributed by atoms with E-state index in [1.54, 1.807) is 6.21 Å². The predicted molar refractivity (Wildman–Crippen MR) is 108 cm³/mol. The molecule has 1 aromatic carbocycles. The Kier molecular flexibility index (Phi) is 3.58. The van der Waals surface area contributed by atoms with Crippen LogP contribution in [-0.4, -0.2) is 27.2 Å². The van der Waals surface area contributed by atoms with Crippen molar-refractivity contribution in [1.82, 2.24) is 20.5 Å². The molecule has 6 N–H and O–H groups in total. The van der Waals surface area contributed by atoms with E-state index < -0.39 is 5.79 Å². The van der Waals surface area contributed by atoms with E-state index in [2.05, 4.69) is 68.1 Å². The van der Waals surface area contributed by atoms with Crippen molar-refractivity contribution in [3.8, 4) is 0 Å². The van der Waals surface area contributed by atoms with Crippen molar-refractivity contribution in [2.45, 2.75) is 37.4 Å². The van der Waals surface area contributed by atoms with Crippen LogP contribution in [0.25, 0.3) is 10.9 Å². The zero-order valence-electron chi connectivity index (χ0n) is 15.2. The van der Waals surface area contributed by atoms with Crippen LogP contribution < -0.4 is 16.4 Å². The number of nitrogens with zero attached hydrogens (tertiary/aromatic N) is 2. The first-order valence-corrected chi connectivity index (χ1v) is 9.33. The van der Waals surface area contributed by atoms with E-state index in [9.17, 15) is 0 Å². The molecular weight excluding hydrogens is 338 g/mol. The van der Waals surface area contributed by atoms with Crippen molar-refractivity contribution < 1.29 is 0 Å². The molecule has 0 amide bonds. The number of aliphatic imine (C=N–C) groups is 1. The average Bonchev–Trinajstić information content (AvgIpc) is 3.23. The van der Waals surface area contributed by atoms with Crippen LogP contribution in [0.15, 0.2) is 53.4 Å². The molecule has 1 aliphatic carbocycles. The van der Waals surface area contributed by atoms with Gasteiger partial charge < -0.3 is 15.6 Å². The number of nitrogens with one attached hydrogen (secondary N) is 4. The Morgan fingerprint density at radius 2 is 2.15 bits per heavy atom. The Labute approximate surface area is 157 Å². The van der Waals surface area contributed by atoms with Gasteiger partial charge in [-0.1, -0.05) is 13.0 Å². The number of aromatic nitrogens is 3. The van der Waals surface area contributed by atoms with Crippen LogP contribution in [0.1, 0.15) is 42.9 Å². The van der Waals surface area contributed by atoms with Gasteiger partial charge in [0.05, 0.1) is 0 Å². The van der Waals surface area contributed by atoms with E-state index in [1.807, 2.05) is 12.3 Å². The normalized spacial score (nSPS) is 23.1. The summed E-state index contributed by atoms with van der Waals surface area (Å²) in [4.78, 5) is 7.75. The first kappa shape index (κ1) is 16.1. The number of fused-ring (bicyclic) bond motifs is 1. The molecule has 0 radical (unpaired) electrons. The topological polar surface area (TPSA) is 107 Å². The van der Waals surface area contributed by atoms with Gasteiger partial charge in [-0.25, -0.2) is 0 Å². The maximum Gasteiger partial charge on any atom is 0.189 e. The van der Waals surface area contributed by atoms with Gasteiger partial charge in [-0.2, -0.15) is 5.10 Å². The molecule has 138 valence electrons. The molecule has 2 aliphatic rings. The number of hydrogen-bond donors (Lipinski definition) is 5. The molecule has 3 heterocycles. The largest absolute Gasteiger partial charge is 0.361 e. The Morgan fingerprint density at radius 1 is 1.26 bits per heavy atom. The summed E-state index contributed by atoms with van der Waals surface area (Å²) in [5, 5.41) is 15.3. The summed E-state index contributed by atoms with van der Waals surface area (Å²) in [7, 11) is 0. The quantitative estimate of drug-likeness (QED) is 0.481. The highest BCUT2D eigenvalue weighted by molar-refractivity contribution is 5.80. The SMILES string of the molecule is CC(c1ccc2[nH]ccc2c1)C1(N)N=CC=C(Nc2cc(C3CC3)[nH]n2)N1. The van der Waals surface area contributed by atoms with Crippen LogP contribution in [0.5, 0.6) is 0 Å². The molecule has 3 aromatic rings. The van der Waals surface area contributed by atoms with Gasteiger partial charge in [-0.15, -0.1) is 0 Å². The van der Waals surface area contributed by atoms with E-state index in [4.69, 9.17) is 5.73 Å². The fraction of sp³-hybridized carbons (Fsp3) is 0.300. The maximum absolute atomic E-state index is 6.64. The van der Waals surface area contributed by atoms with Gasteiger partial charge in [0.25, 0.3) is 0 Å². The fourth-order valence-corrected chi connectivity index (χ4v) is 3.56.